The van der Waals surface area contributed by atoms with Gasteiger partial charge in [0.1, 0.15) is 0 Å². The fraction of sp³-hybridized carbons (Fsp3) is 0.600. The molecule has 19 heavy (non-hydrogen) atoms. The summed E-state index contributed by atoms with van der Waals surface area (Å²) in [6.45, 7) is 7.79. The van der Waals surface area contributed by atoms with Gasteiger partial charge < -0.3 is 9.47 Å². The molecule has 0 radical (unpaired) electrons. The molecule has 2 saturated heterocycles. The van der Waals surface area contributed by atoms with Crippen LogP contribution in [0.2, 0.25) is 0 Å². The maximum absolute atomic E-state index is 11.8. The van der Waals surface area contributed by atoms with Crippen LogP contribution < -0.4 is 0 Å². The van der Waals surface area contributed by atoms with E-state index in [4.69, 9.17) is 9.47 Å². The van der Waals surface area contributed by atoms with Gasteiger partial charge in [-0.1, -0.05) is 12.2 Å². The average molecular weight is 262 g/mol. The number of carbonyl (C=O) groups excluding carboxylic acids is 2. The second-order valence-electron chi connectivity index (χ2n) is 5.84. The molecule has 0 aromatic carbocycles. The first kappa shape index (κ1) is 12.5. The first-order chi connectivity index (χ1) is 8.93. The predicted octanol–water partition coefficient (Wildman–Crippen LogP) is 2.29. The highest BCUT2D eigenvalue weighted by atomic mass is 16.6. The van der Waals surface area contributed by atoms with Gasteiger partial charge in [-0.2, -0.15) is 0 Å². The van der Waals surface area contributed by atoms with E-state index in [9.17, 15) is 9.59 Å². The molecule has 2 fully saturated rings. The maximum atomic E-state index is 11.8. The summed E-state index contributed by atoms with van der Waals surface area (Å²) in [5.41, 5.74) is 2.09. The topological polar surface area (TPSA) is 52.6 Å². The summed E-state index contributed by atoms with van der Waals surface area (Å²) in [5.74, 6) is -0.610. The summed E-state index contributed by atoms with van der Waals surface area (Å²) >= 11 is 0. The third-order valence-electron chi connectivity index (χ3n) is 4.70. The van der Waals surface area contributed by atoms with Gasteiger partial charge in [0, 0.05) is 17.9 Å². The Bertz CT molecular complexity index is 516. The van der Waals surface area contributed by atoms with E-state index in [1.165, 1.54) is 5.57 Å². The molecular formula is C15H18O4. The molecule has 0 amide bonds. The van der Waals surface area contributed by atoms with Crippen molar-refractivity contribution in [1.82, 2.24) is 0 Å². The van der Waals surface area contributed by atoms with Crippen molar-refractivity contribution in [2.45, 2.75) is 51.2 Å². The molecule has 3 rings (SSSR count). The maximum Gasteiger partial charge on any atom is 0.334 e. The molecule has 2 heterocycles. The summed E-state index contributed by atoms with van der Waals surface area (Å²) in [6.07, 6.45) is 2.43. The Hall–Kier alpha value is -1.58. The zero-order valence-electron chi connectivity index (χ0n) is 11.3. The Kier molecular flexibility index (Phi) is 2.59. The van der Waals surface area contributed by atoms with Crippen molar-refractivity contribution in [2.24, 2.45) is 5.92 Å². The minimum Gasteiger partial charge on any atom is -0.454 e. The second-order valence-corrected chi connectivity index (χ2v) is 5.84. The molecule has 0 spiro atoms. The van der Waals surface area contributed by atoms with Gasteiger partial charge in [0.05, 0.1) is 0 Å². The minimum absolute atomic E-state index is 0.0455. The van der Waals surface area contributed by atoms with Crippen molar-refractivity contribution < 1.29 is 19.1 Å². The Morgan fingerprint density at radius 1 is 1.26 bits per heavy atom. The number of esters is 2. The first-order valence-electron chi connectivity index (χ1n) is 6.74. The van der Waals surface area contributed by atoms with E-state index in [0.717, 1.165) is 18.4 Å². The molecule has 0 N–H and O–H groups in total. The van der Waals surface area contributed by atoms with E-state index in [1.807, 2.05) is 6.92 Å². The smallest absolute Gasteiger partial charge is 0.334 e. The largest absolute Gasteiger partial charge is 0.454 e. The van der Waals surface area contributed by atoms with Crippen molar-refractivity contribution in [3.05, 3.63) is 23.3 Å². The van der Waals surface area contributed by atoms with Crippen LogP contribution in [0.3, 0.4) is 0 Å². The van der Waals surface area contributed by atoms with Crippen LogP contribution in [0.25, 0.3) is 0 Å². The predicted molar refractivity (Wildman–Crippen MR) is 68.2 cm³/mol. The molecule has 4 heteroatoms. The molecule has 102 valence electrons. The van der Waals surface area contributed by atoms with Crippen LogP contribution in [-0.4, -0.2) is 23.6 Å². The number of hydrogen-bond acceptors (Lipinski definition) is 4. The van der Waals surface area contributed by atoms with Crippen molar-refractivity contribution >= 4 is 11.9 Å². The molecule has 1 aliphatic carbocycles. The summed E-state index contributed by atoms with van der Waals surface area (Å²) < 4.78 is 11.1. The molecule has 3 unspecified atom stereocenters. The number of fused-ring (bicyclic) bond motifs is 3. The van der Waals surface area contributed by atoms with Gasteiger partial charge in [-0.3, -0.25) is 4.79 Å². The number of hydrogen-bond donors (Lipinski definition) is 0. The molecule has 3 aliphatic rings. The van der Waals surface area contributed by atoms with Gasteiger partial charge in [-0.25, -0.2) is 4.79 Å². The van der Waals surface area contributed by atoms with Crippen LogP contribution in [0.5, 0.6) is 0 Å². The monoisotopic (exact) mass is 262 g/mol. The van der Waals surface area contributed by atoms with Crippen LogP contribution in [0.4, 0.5) is 0 Å². The number of allylic oxidation sites excluding steroid dienone is 1. The fourth-order valence-electron chi connectivity index (χ4n) is 3.64. The number of ether oxygens (including phenoxy) is 2. The summed E-state index contributed by atoms with van der Waals surface area (Å²) in [4.78, 5) is 23.4. The summed E-state index contributed by atoms with van der Waals surface area (Å²) in [6, 6.07) is 0. The van der Waals surface area contributed by atoms with Gasteiger partial charge in [-0.15, -0.1) is 0 Å². The highest BCUT2D eigenvalue weighted by molar-refractivity contribution is 5.91. The van der Waals surface area contributed by atoms with Crippen LogP contribution in [0.1, 0.15) is 39.5 Å². The van der Waals surface area contributed by atoms with Crippen molar-refractivity contribution in [2.75, 3.05) is 0 Å². The Morgan fingerprint density at radius 3 is 2.74 bits per heavy atom. The van der Waals surface area contributed by atoms with Crippen LogP contribution in [0.15, 0.2) is 23.3 Å². The molecule has 2 aliphatic heterocycles. The van der Waals surface area contributed by atoms with Gasteiger partial charge in [0.15, 0.2) is 11.7 Å². The van der Waals surface area contributed by atoms with E-state index < -0.39 is 11.7 Å². The van der Waals surface area contributed by atoms with Gasteiger partial charge >= 0.3 is 11.9 Å². The lowest BCUT2D eigenvalue weighted by molar-refractivity contribution is -0.177. The van der Waals surface area contributed by atoms with E-state index in [2.05, 4.69) is 13.5 Å². The zero-order chi connectivity index (χ0) is 13.8. The third kappa shape index (κ3) is 1.66. The SMILES string of the molecule is C=C1C(=O)OC2C1CCC(C)=C1CCC(=O)OC12C. The van der Waals surface area contributed by atoms with E-state index in [-0.39, 0.29) is 17.9 Å². The van der Waals surface area contributed by atoms with Crippen molar-refractivity contribution in [3.8, 4) is 0 Å². The van der Waals surface area contributed by atoms with Gasteiger partial charge in [-0.05, 0) is 38.7 Å². The molecule has 0 bridgehead atoms. The Morgan fingerprint density at radius 2 is 2.00 bits per heavy atom. The molecular weight excluding hydrogens is 244 g/mol. The first-order valence-corrected chi connectivity index (χ1v) is 6.74. The average Bonchev–Trinajstić information content (AvgIpc) is 2.58. The minimum atomic E-state index is -0.810. The molecule has 0 aromatic rings. The van der Waals surface area contributed by atoms with Crippen molar-refractivity contribution in [1.29, 1.82) is 0 Å². The molecule has 4 nitrogen and oxygen atoms in total. The van der Waals surface area contributed by atoms with E-state index >= 15 is 0 Å². The van der Waals surface area contributed by atoms with Crippen LogP contribution in [-0.2, 0) is 19.1 Å². The standard InChI is InChI=1S/C15H18O4/c1-8-4-5-10-9(2)14(17)18-13(10)15(3)11(8)6-7-12(16)19-15/h10,13H,2,4-7H2,1,3H3. The van der Waals surface area contributed by atoms with Gasteiger partial charge in [0.25, 0.3) is 0 Å². The van der Waals surface area contributed by atoms with Crippen LogP contribution >= 0.6 is 0 Å². The van der Waals surface area contributed by atoms with E-state index in [0.29, 0.717) is 18.4 Å². The molecule has 0 aromatic heterocycles. The Labute approximate surface area is 112 Å². The van der Waals surface area contributed by atoms with E-state index in [1.54, 1.807) is 0 Å². The highest BCUT2D eigenvalue weighted by Crippen LogP contribution is 2.48. The highest BCUT2D eigenvalue weighted by Gasteiger charge is 2.56. The summed E-state index contributed by atoms with van der Waals surface area (Å²) in [5, 5.41) is 0. The molecule has 0 saturated carbocycles. The molecule has 3 atom stereocenters. The number of carbonyl (C=O) groups is 2. The van der Waals surface area contributed by atoms with Crippen LogP contribution in [0, 0.1) is 5.92 Å². The third-order valence-corrected chi connectivity index (χ3v) is 4.70. The Balaban J connectivity index is 2.09. The number of rotatable bonds is 0. The lowest BCUT2D eigenvalue weighted by Gasteiger charge is -2.40. The zero-order valence-corrected chi connectivity index (χ0v) is 11.3. The quantitative estimate of drug-likeness (QED) is 0.382. The summed E-state index contributed by atoms with van der Waals surface area (Å²) in [7, 11) is 0. The fourth-order valence-corrected chi connectivity index (χ4v) is 3.64. The lowest BCUT2D eigenvalue weighted by Crippen LogP contribution is -2.50. The van der Waals surface area contributed by atoms with Crippen molar-refractivity contribution in [3.63, 3.8) is 0 Å². The lowest BCUT2D eigenvalue weighted by atomic mass is 9.79. The normalized spacial score (nSPS) is 38.3. The second kappa shape index (κ2) is 3.95. The van der Waals surface area contributed by atoms with Gasteiger partial charge in [0.2, 0.25) is 0 Å².